The quantitative estimate of drug-likeness (QED) is 0.802. The second-order valence-electron chi connectivity index (χ2n) is 6.74. The van der Waals surface area contributed by atoms with E-state index in [0.29, 0.717) is 19.5 Å². The van der Waals surface area contributed by atoms with Crippen LogP contribution in [-0.4, -0.2) is 41.9 Å². The van der Waals surface area contributed by atoms with Crippen LogP contribution in [0.4, 0.5) is 5.69 Å². The fourth-order valence-electron chi connectivity index (χ4n) is 3.80. The van der Waals surface area contributed by atoms with Gasteiger partial charge in [0.2, 0.25) is 11.8 Å². The molecule has 3 atom stereocenters. The summed E-state index contributed by atoms with van der Waals surface area (Å²) in [6, 6.07) is 7.62. The lowest BCUT2D eigenvalue weighted by Crippen LogP contribution is -2.54. The zero-order valence-corrected chi connectivity index (χ0v) is 15.5. The molecule has 2 N–H and O–H groups in total. The van der Waals surface area contributed by atoms with E-state index in [1.165, 1.54) is 0 Å². The van der Waals surface area contributed by atoms with Crippen LogP contribution in [0.15, 0.2) is 28.7 Å². The molecule has 2 saturated heterocycles. The number of carbonyl (C=O) groups excluding carboxylic acids is 2. The molecule has 0 spiro atoms. The molecular formula is C18H24BrN3O2. The van der Waals surface area contributed by atoms with Crippen LogP contribution in [-0.2, 0) is 9.59 Å². The lowest BCUT2D eigenvalue weighted by molar-refractivity contribution is -0.143. The maximum atomic E-state index is 13.0. The molecule has 2 amide bonds. The number of amides is 2. The minimum absolute atomic E-state index is 0.0449. The number of hydrogen-bond donors (Lipinski definition) is 1. The zero-order valence-electron chi connectivity index (χ0n) is 14.0. The first-order valence-corrected chi connectivity index (χ1v) is 9.42. The van der Waals surface area contributed by atoms with E-state index in [1.54, 1.807) is 4.90 Å². The Balaban J connectivity index is 1.77. The molecule has 0 bridgehead atoms. The van der Waals surface area contributed by atoms with Crippen LogP contribution in [0.5, 0.6) is 0 Å². The summed E-state index contributed by atoms with van der Waals surface area (Å²) in [4.78, 5) is 29.4. The fourth-order valence-corrected chi connectivity index (χ4v) is 4.30. The summed E-state index contributed by atoms with van der Waals surface area (Å²) in [5.74, 6) is -0.714. The highest BCUT2D eigenvalue weighted by Crippen LogP contribution is 2.33. The van der Waals surface area contributed by atoms with Crippen molar-refractivity contribution < 1.29 is 9.59 Å². The van der Waals surface area contributed by atoms with E-state index in [4.69, 9.17) is 5.73 Å². The Kier molecular flexibility index (Phi) is 5.25. The summed E-state index contributed by atoms with van der Waals surface area (Å²) in [6.45, 7) is 3.23. The third kappa shape index (κ3) is 3.22. The second-order valence-corrected chi connectivity index (χ2v) is 7.59. The van der Waals surface area contributed by atoms with Gasteiger partial charge in [0.15, 0.2) is 0 Å². The van der Waals surface area contributed by atoms with E-state index in [0.717, 1.165) is 29.4 Å². The maximum absolute atomic E-state index is 13.0. The van der Waals surface area contributed by atoms with E-state index in [2.05, 4.69) is 15.9 Å². The summed E-state index contributed by atoms with van der Waals surface area (Å²) in [6.07, 6.45) is 3.58. The molecule has 2 heterocycles. The van der Waals surface area contributed by atoms with Gasteiger partial charge in [-0.3, -0.25) is 9.59 Å². The van der Waals surface area contributed by atoms with Crippen LogP contribution in [0.1, 0.15) is 32.6 Å². The third-order valence-corrected chi connectivity index (χ3v) is 5.76. The number of hydrogen-bond acceptors (Lipinski definition) is 3. The summed E-state index contributed by atoms with van der Waals surface area (Å²) in [5.41, 5.74) is 6.90. The fraction of sp³-hybridized carbons (Fsp3) is 0.556. The smallest absolute Gasteiger partial charge is 0.239 e. The molecule has 24 heavy (non-hydrogen) atoms. The first-order chi connectivity index (χ1) is 11.5. The molecule has 3 rings (SSSR count). The molecule has 0 aliphatic carbocycles. The number of piperidine rings is 1. The van der Waals surface area contributed by atoms with Gasteiger partial charge in [0.25, 0.3) is 0 Å². The molecule has 2 fully saturated rings. The number of likely N-dealkylation sites (tertiary alicyclic amines) is 1. The van der Waals surface area contributed by atoms with Gasteiger partial charge >= 0.3 is 0 Å². The van der Waals surface area contributed by atoms with Gasteiger partial charge < -0.3 is 15.5 Å². The highest BCUT2D eigenvalue weighted by molar-refractivity contribution is 9.10. The molecule has 1 aromatic carbocycles. The van der Waals surface area contributed by atoms with Crippen molar-refractivity contribution in [2.24, 2.45) is 11.7 Å². The normalized spacial score (nSPS) is 25.9. The van der Waals surface area contributed by atoms with Crippen molar-refractivity contribution in [3.8, 4) is 0 Å². The predicted octanol–water partition coefficient (Wildman–Crippen LogP) is 2.53. The SMILES string of the molecule is C[C@H](N)[C@H]1CCCCN1C(=O)[C@H]1CCN(c2ccccc2Br)C1=O. The Morgan fingerprint density at radius 3 is 2.71 bits per heavy atom. The van der Waals surface area contributed by atoms with Crippen molar-refractivity contribution in [1.82, 2.24) is 4.90 Å². The summed E-state index contributed by atoms with van der Waals surface area (Å²) >= 11 is 3.49. The van der Waals surface area contributed by atoms with Crippen molar-refractivity contribution in [2.75, 3.05) is 18.0 Å². The van der Waals surface area contributed by atoms with Crippen molar-refractivity contribution in [2.45, 2.75) is 44.7 Å². The van der Waals surface area contributed by atoms with Crippen LogP contribution < -0.4 is 10.6 Å². The summed E-state index contributed by atoms with van der Waals surface area (Å²) in [5, 5.41) is 0. The standard InChI is InChI=1S/C18H24BrN3O2/c1-12(20)15-7-4-5-10-21(15)17(23)13-9-11-22(18(13)24)16-8-3-2-6-14(16)19/h2-3,6,8,12-13,15H,4-5,7,9-11,20H2,1H3/t12-,13+,15+/m0/s1. The van der Waals surface area contributed by atoms with E-state index in [9.17, 15) is 9.59 Å². The molecule has 1 aromatic rings. The van der Waals surface area contributed by atoms with Gasteiger partial charge in [0.1, 0.15) is 5.92 Å². The molecular weight excluding hydrogens is 370 g/mol. The average molecular weight is 394 g/mol. The summed E-state index contributed by atoms with van der Waals surface area (Å²) < 4.78 is 0.873. The van der Waals surface area contributed by atoms with Gasteiger partial charge in [-0.05, 0) is 60.7 Å². The van der Waals surface area contributed by atoms with Crippen LogP contribution in [0.3, 0.4) is 0 Å². The average Bonchev–Trinajstić information content (AvgIpc) is 2.96. The Morgan fingerprint density at radius 2 is 2.00 bits per heavy atom. The summed E-state index contributed by atoms with van der Waals surface area (Å²) in [7, 11) is 0. The van der Waals surface area contributed by atoms with Crippen LogP contribution in [0.25, 0.3) is 0 Å². The highest BCUT2D eigenvalue weighted by atomic mass is 79.9. The highest BCUT2D eigenvalue weighted by Gasteiger charge is 2.42. The van der Waals surface area contributed by atoms with Gasteiger partial charge in [-0.2, -0.15) is 0 Å². The molecule has 0 radical (unpaired) electrons. The first-order valence-electron chi connectivity index (χ1n) is 8.62. The molecule has 2 aliphatic heterocycles. The van der Waals surface area contributed by atoms with E-state index in [-0.39, 0.29) is 23.9 Å². The Morgan fingerprint density at radius 1 is 1.25 bits per heavy atom. The number of nitrogens with zero attached hydrogens (tertiary/aromatic N) is 2. The maximum Gasteiger partial charge on any atom is 0.239 e. The monoisotopic (exact) mass is 393 g/mol. The Hall–Kier alpha value is -1.40. The van der Waals surface area contributed by atoms with Crippen molar-refractivity contribution in [3.05, 3.63) is 28.7 Å². The van der Waals surface area contributed by atoms with Crippen LogP contribution in [0, 0.1) is 5.92 Å². The number of halogens is 1. The number of para-hydroxylation sites is 1. The lowest BCUT2D eigenvalue weighted by atomic mass is 9.94. The molecule has 0 aromatic heterocycles. The van der Waals surface area contributed by atoms with Gasteiger partial charge in [-0.15, -0.1) is 0 Å². The van der Waals surface area contributed by atoms with Gasteiger partial charge in [0.05, 0.1) is 5.69 Å². The number of anilines is 1. The molecule has 2 aliphatic rings. The van der Waals surface area contributed by atoms with Gasteiger partial charge in [-0.25, -0.2) is 0 Å². The second kappa shape index (κ2) is 7.23. The third-order valence-electron chi connectivity index (χ3n) is 5.09. The van der Waals surface area contributed by atoms with Gasteiger partial charge in [0, 0.05) is 29.6 Å². The number of rotatable bonds is 3. The van der Waals surface area contributed by atoms with Gasteiger partial charge in [-0.1, -0.05) is 12.1 Å². The van der Waals surface area contributed by atoms with E-state index in [1.807, 2.05) is 36.1 Å². The molecule has 5 nitrogen and oxygen atoms in total. The minimum Gasteiger partial charge on any atom is -0.337 e. The molecule has 130 valence electrons. The lowest BCUT2D eigenvalue weighted by Gasteiger charge is -2.39. The molecule has 6 heteroatoms. The largest absolute Gasteiger partial charge is 0.337 e. The van der Waals surface area contributed by atoms with Crippen molar-refractivity contribution in [3.63, 3.8) is 0 Å². The number of nitrogens with two attached hydrogens (primary N) is 1. The molecule has 0 saturated carbocycles. The topological polar surface area (TPSA) is 66.6 Å². The van der Waals surface area contributed by atoms with Crippen LogP contribution in [0.2, 0.25) is 0 Å². The molecule has 0 unspecified atom stereocenters. The first kappa shape index (κ1) is 17.4. The zero-order chi connectivity index (χ0) is 17.3. The van der Waals surface area contributed by atoms with Crippen molar-refractivity contribution in [1.29, 1.82) is 0 Å². The Labute approximate surface area is 151 Å². The van der Waals surface area contributed by atoms with E-state index < -0.39 is 5.92 Å². The van der Waals surface area contributed by atoms with Crippen LogP contribution >= 0.6 is 15.9 Å². The predicted molar refractivity (Wildman–Crippen MR) is 97.6 cm³/mol. The minimum atomic E-state index is -0.573. The number of benzene rings is 1. The Bertz CT molecular complexity index is 634. The number of carbonyl (C=O) groups is 2. The van der Waals surface area contributed by atoms with Crippen molar-refractivity contribution >= 4 is 33.4 Å². The van der Waals surface area contributed by atoms with E-state index >= 15 is 0 Å².